The molecule has 0 bridgehead atoms. The molecule has 0 radical (unpaired) electrons. The Bertz CT molecular complexity index is 789. The van der Waals surface area contributed by atoms with Crippen LogP contribution >= 0.6 is 0 Å². The largest absolute Gasteiger partial charge is 0.318 e. The fourth-order valence-electron chi connectivity index (χ4n) is 2.25. The van der Waals surface area contributed by atoms with Crippen molar-refractivity contribution < 1.29 is 4.79 Å². The summed E-state index contributed by atoms with van der Waals surface area (Å²) in [6.45, 7) is 2.45. The summed E-state index contributed by atoms with van der Waals surface area (Å²) in [5.41, 5.74) is 1.56. The predicted octanol–water partition coefficient (Wildman–Crippen LogP) is 2.23. The highest BCUT2D eigenvalue weighted by Gasteiger charge is 2.13. The number of rotatable bonds is 4. The van der Waals surface area contributed by atoms with Crippen LogP contribution in [0.4, 0.5) is 5.82 Å². The van der Waals surface area contributed by atoms with Gasteiger partial charge in [0.15, 0.2) is 0 Å². The van der Waals surface area contributed by atoms with Crippen LogP contribution in [0.25, 0.3) is 0 Å². The lowest BCUT2D eigenvalue weighted by Crippen LogP contribution is -2.17. The fourth-order valence-corrected chi connectivity index (χ4v) is 2.25. The summed E-state index contributed by atoms with van der Waals surface area (Å²) in [4.78, 5) is 16.7. The highest BCUT2D eigenvalue weighted by molar-refractivity contribution is 6.04. The molecule has 3 aromatic rings. The van der Waals surface area contributed by atoms with E-state index >= 15 is 0 Å². The van der Waals surface area contributed by atoms with Crippen LogP contribution in [0, 0.1) is 6.92 Å². The second kappa shape index (κ2) is 5.85. The molecule has 0 aliphatic rings. The van der Waals surface area contributed by atoms with E-state index in [0.29, 0.717) is 17.9 Å². The van der Waals surface area contributed by atoms with Crippen LogP contribution in [0.2, 0.25) is 0 Å². The number of carbonyl (C=O) groups excluding carboxylic acids is 1. The molecule has 0 saturated carbocycles. The van der Waals surface area contributed by atoms with Crippen LogP contribution in [-0.2, 0) is 13.6 Å². The molecule has 2 aromatic heterocycles. The molecule has 6 nitrogen and oxygen atoms in total. The third-order valence-corrected chi connectivity index (χ3v) is 3.62. The first-order chi connectivity index (χ1) is 10.6. The molecule has 0 spiro atoms. The van der Waals surface area contributed by atoms with Gasteiger partial charge < -0.3 is 9.88 Å². The summed E-state index contributed by atoms with van der Waals surface area (Å²) in [6, 6.07) is 9.39. The van der Waals surface area contributed by atoms with Crippen molar-refractivity contribution >= 4 is 11.7 Å². The Hall–Kier alpha value is -2.89. The molecule has 22 heavy (non-hydrogen) atoms. The SMILES string of the molecule is Cc1ncc(NC(=O)c2ccccc2Cn2cccn2)n1C. The van der Waals surface area contributed by atoms with Gasteiger partial charge in [0.2, 0.25) is 0 Å². The second-order valence-electron chi connectivity index (χ2n) is 5.06. The number of nitrogens with one attached hydrogen (secondary N) is 1. The second-order valence-corrected chi connectivity index (χ2v) is 5.06. The number of anilines is 1. The first kappa shape index (κ1) is 14.1. The maximum Gasteiger partial charge on any atom is 0.257 e. The van der Waals surface area contributed by atoms with Crippen molar-refractivity contribution in [2.75, 3.05) is 5.32 Å². The number of aromatic nitrogens is 4. The maximum absolute atomic E-state index is 12.5. The number of amides is 1. The Labute approximate surface area is 128 Å². The molecule has 0 aliphatic heterocycles. The first-order valence-corrected chi connectivity index (χ1v) is 7.00. The summed E-state index contributed by atoms with van der Waals surface area (Å²) < 4.78 is 3.63. The van der Waals surface area contributed by atoms with E-state index in [1.54, 1.807) is 17.1 Å². The zero-order valence-corrected chi connectivity index (χ0v) is 12.5. The molecule has 112 valence electrons. The van der Waals surface area contributed by atoms with E-state index < -0.39 is 0 Å². The molecule has 0 fully saturated rings. The van der Waals surface area contributed by atoms with E-state index in [0.717, 1.165) is 11.4 Å². The third kappa shape index (κ3) is 2.76. The lowest BCUT2D eigenvalue weighted by molar-refractivity contribution is 0.102. The highest BCUT2D eigenvalue weighted by atomic mass is 16.1. The molecule has 6 heteroatoms. The van der Waals surface area contributed by atoms with Gasteiger partial charge in [0, 0.05) is 25.0 Å². The number of imidazole rings is 1. The van der Waals surface area contributed by atoms with Gasteiger partial charge in [0.05, 0.1) is 12.7 Å². The van der Waals surface area contributed by atoms with E-state index in [4.69, 9.17) is 0 Å². The van der Waals surface area contributed by atoms with E-state index in [-0.39, 0.29) is 5.91 Å². The van der Waals surface area contributed by atoms with Crippen molar-refractivity contribution in [1.82, 2.24) is 19.3 Å². The Kier molecular flexibility index (Phi) is 3.74. The van der Waals surface area contributed by atoms with Crippen molar-refractivity contribution in [2.45, 2.75) is 13.5 Å². The lowest BCUT2D eigenvalue weighted by Gasteiger charge is -2.11. The molecule has 0 atom stereocenters. The summed E-state index contributed by atoms with van der Waals surface area (Å²) >= 11 is 0. The standard InChI is InChI=1S/C16H17N5O/c1-12-17-10-15(20(12)2)19-16(22)14-7-4-3-6-13(14)11-21-9-5-8-18-21/h3-10H,11H2,1-2H3,(H,19,22). The van der Waals surface area contributed by atoms with Gasteiger partial charge in [-0.2, -0.15) is 5.10 Å². The van der Waals surface area contributed by atoms with Gasteiger partial charge in [-0.3, -0.25) is 9.48 Å². The van der Waals surface area contributed by atoms with Crippen molar-refractivity contribution in [3.05, 3.63) is 65.9 Å². The Morgan fingerprint density at radius 2 is 2.09 bits per heavy atom. The van der Waals surface area contributed by atoms with Crippen molar-refractivity contribution in [3.63, 3.8) is 0 Å². The zero-order chi connectivity index (χ0) is 15.5. The van der Waals surface area contributed by atoms with Gasteiger partial charge >= 0.3 is 0 Å². The van der Waals surface area contributed by atoms with Crippen molar-refractivity contribution in [1.29, 1.82) is 0 Å². The molecular weight excluding hydrogens is 278 g/mol. The van der Waals surface area contributed by atoms with E-state index in [2.05, 4.69) is 15.4 Å². The minimum atomic E-state index is -0.147. The number of hydrogen-bond acceptors (Lipinski definition) is 3. The third-order valence-electron chi connectivity index (χ3n) is 3.62. The summed E-state index contributed by atoms with van der Waals surface area (Å²) in [5, 5.41) is 7.08. The summed E-state index contributed by atoms with van der Waals surface area (Å²) in [5.74, 6) is 1.38. The molecular formula is C16H17N5O. The van der Waals surface area contributed by atoms with Gasteiger partial charge in [-0.25, -0.2) is 4.98 Å². The van der Waals surface area contributed by atoms with Crippen LogP contribution in [0.5, 0.6) is 0 Å². The molecule has 3 rings (SSSR count). The number of carbonyl (C=O) groups is 1. The van der Waals surface area contributed by atoms with Crippen LogP contribution < -0.4 is 5.32 Å². The van der Waals surface area contributed by atoms with Crippen LogP contribution in [-0.4, -0.2) is 25.2 Å². The number of benzene rings is 1. The fraction of sp³-hybridized carbons (Fsp3) is 0.188. The van der Waals surface area contributed by atoms with Gasteiger partial charge in [-0.05, 0) is 24.6 Å². The quantitative estimate of drug-likeness (QED) is 0.802. The van der Waals surface area contributed by atoms with Crippen LogP contribution in [0.15, 0.2) is 48.9 Å². The van der Waals surface area contributed by atoms with Gasteiger partial charge in [0.1, 0.15) is 11.6 Å². The molecule has 1 aromatic carbocycles. The molecule has 1 amide bonds. The van der Waals surface area contributed by atoms with Crippen LogP contribution in [0.3, 0.4) is 0 Å². The van der Waals surface area contributed by atoms with Crippen molar-refractivity contribution in [2.24, 2.45) is 7.05 Å². The molecule has 0 saturated heterocycles. The minimum Gasteiger partial charge on any atom is -0.318 e. The Morgan fingerprint density at radius 3 is 2.77 bits per heavy atom. The van der Waals surface area contributed by atoms with E-state index in [1.807, 2.05) is 55.1 Å². The molecule has 2 heterocycles. The lowest BCUT2D eigenvalue weighted by atomic mass is 10.1. The number of nitrogens with zero attached hydrogens (tertiary/aromatic N) is 4. The van der Waals surface area contributed by atoms with Gasteiger partial charge in [-0.1, -0.05) is 18.2 Å². The van der Waals surface area contributed by atoms with E-state index in [9.17, 15) is 4.79 Å². The summed E-state index contributed by atoms with van der Waals surface area (Å²) in [6.07, 6.45) is 5.25. The predicted molar refractivity (Wildman–Crippen MR) is 83.7 cm³/mol. The van der Waals surface area contributed by atoms with Gasteiger partial charge in [-0.15, -0.1) is 0 Å². The average Bonchev–Trinajstić information content (AvgIpc) is 3.13. The normalized spacial score (nSPS) is 10.6. The zero-order valence-electron chi connectivity index (χ0n) is 12.5. The first-order valence-electron chi connectivity index (χ1n) is 7.00. The topological polar surface area (TPSA) is 64.7 Å². The monoisotopic (exact) mass is 295 g/mol. The maximum atomic E-state index is 12.5. The Morgan fingerprint density at radius 1 is 1.27 bits per heavy atom. The summed E-state index contributed by atoms with van der Waals surface area (Å²) in [7, 11) is 1.87. The number of hydrogen-bond donors (Lipinski definition) is 1. The van der Waals surface area contributed by atoms with Gasteiger partial charge in [0.25, 0.3) is 5.91 Å². The smallest absolute Gasteiger partial charge is 0.257 e. The Balaban J connectivity index is 1.85. The highest BCUT2D eigenvalue weighted by Crippen LogP contribution is 2.14. The van der Waals surface area contributed by atoms with Crippen molar-refractivity contribution in [3.8, 4) is 0 Å². The molecule has 0 aliphatic carbocycles. The minimum absolute atomic E-state index is 0.147. The van der Waals surface area contributed by atoms with Crippen LogP contribution in [0.1, 0.15) is 21.7 Å². The van der Waals surface area contributed by atoms with E-state index in [1.165, 1.54) is 0 Å². The molecule has 0 unspecified atom stereocenters. The average molecular weight is 295 g/mol. The number of aryl methyl sites for hydroxylation is 1. The molecule has 1 N–H and O–H groups in total.